The van der Waals surface area contributed by atoms with Crippen LogP contribution in [0.5, 0.6) is 5.75 Å². The van der Waals surface area contributed by atoms with Crippen molar-refractivity contribution in [2.24, 2.45) is 0 Å². The quantitative estimate of drug-likeness (QED) is 0.791. The summed E-state index contributed by atoms with van der Waals surface area (Å²) in [6.45, 7) is 3.68. The highest BCUT2D eigenvalue weighted by Crippen LogP contribution is 2.40. The summed E-state index contributed by atoms with van der Waals surface area (Å²) in [5, 5.41) is 3.40. The summed E-state index contributed by atoms with van der Waals surface area (Å²) in [7, 11) is 1.66. The van der Waals surface area contributed by atoms with Crippen LogP contribution in [0.25, 0.3) is 0 Å². The third kappa shape index (κ3) is 2.16. The number of ether oxygens (including phenoxy) is 3. The summed E-state index contributed by atoms with van der Waals surface area (Å²) in [6.07, 6.45) is -0.0154. The molecule has 2 unspecified atom stereocenters. The molecule has 17 heavy (non-hydrogen) atoms. The maximum absolute atomic E-state index is 5.79. The Balaban J connectivity index is 1.82. The van der Waals surface area contributed by atoms with E-state index in [-0.39, 0.29) is 12.4 Å². The molecule has 1 N–H and O–H groups in total. The van der Waals surface area contributed by atoms with E-state index in [9.17, 15) is 0 Å². The topological polar surface area (TPSA) is 43.0 Å². The fourth-order valence-corrected chi connectivity index (χ4v) is 2.10. The monoisotopic (exact) mass is 235 g/mol. The number of methoxy groups -OCH3 is 1. The average Bonchev–Trinajstić information content (AvgIpc) is 3.13. The van der Waals surface area contributed by atoms with Gasteiger partial charge in [-0.2, -0.15) is 0 Å². The van der Waals surface area contributed by atoms with Gasteiger partial charge in [0.15, 0.2) is 6.29 Å². The second kappa shape index (κ2) is 4.29. The normalized spacial score (nSPS) is 31.3. The van der Waals surface area contributed by atoms with Crippen molar-refractivity contribution < 1.29 is 14.2 Å². The van der Waals surface area contributed by atoms with E-state index in [1.807, 2.05) is 0 Å². The van der Waals surface area contributed by atoms with E-state index in [1.54, 1.807) is 7.11 Å². The van der Waals surface area contributed by atoms with E-state index in [4.69, 9.17) is 14.2 Å². The highest BCUT2D eigenvalue weighted by atomic mass is 16.8. The van der Waals surface area contributed by atoms with Gasteiger partial charge in [0.05, 0.1) is 0 Å². The van der Waals surface area contributed by atoms with Crippen LogP contribution in [0.15, 0.2) is 18.2 Å². The lowest BCUT2D eigenvalue weighted by atomic mass is 10.1. The first-order chi connectivity index (χ1) is 8.28. The van der Waals surface area contributed by atoms with Crippen molar-refractivity contribution in [3.8, 4) is 5.75 Å². The van der Waals surface area contributed by atoms with Crippen LogP contribution in [0.2, 0.25) is 0 Å². The van der Waals surface area contributed by atoms with Crippen LogP contribution in [-0.2, 0) is 16.0 Å². The van der Waals surface area contributed by atoms with Crippen LogP contribution >= 0.6 is 0 Å². The largest absolute Gasteiger partial charge is 0.492 e. The molecule has 0 radical (unpaired) electrons. The minimum atomic E-state index is -0.0872. The Labute approximate surface area is 101 Å². The molecular formula is C13H17NO3. The van der Waals surface area contributed by atoms with Gasteiger partial charge in [-0.1, -0.05) is 12.1 Å². The molecule has 0 aliphatic carbocycles. The van der Waals surface area contributed by atoms with Crippen molar-refractivity contribution in [2.75, 3.05) is 13.7 Å². The fraction of sp³-hybridized carbons (Fsp3) is 0.538. The molecule has 0 spiro atoms. The van der Waals surface area contributed by atoms with E-state index < -0.39 is 0 Å². The number of fused-ring (bicyclic) bond motifs is 1. The minimum Gasteiger partial charge on any atom is -0.492 e. The van der Waals surface area contributed by atoms with Gasteiger partial charge in [0.25, 0.3) is 0 Å². The summed E-state index contributed by atoms with van der Waals surface area (Å²) < 4.78 is 16.3. The van der Waals surface area contributed by atoms with Gasteiger partial charge in [0.1, 0.15) is 18.5 Å². The molecule has 0 aromatic heterocycles. The zero-order valence-electron chi connectivity index (χ0n) is 10.1. The second-order valence-corrected chi connectivity index (χ2v) is 4.62. The van der Waals surface area contributed by atoms with Gasteiger partial charge in [-0.15, -0.1) is 0 Å². The zero-order valence-corrected chi connectivity index (χ0v) is 10.1. The maximum Gasteiger partial charge on any atom is 0.188 e. The van der Waals surface area contributed by atoms with Crippen LogP contribution in [0, 0.1) is 0 Å². The molecule has 4 nitrogen and oxygen atoms in total. The van der Waals surface area contributed by atoms with Crippen molar-refractivity contribution in [3.63, 3.8) is 0 Å². The van der Waals surface area contributed by atoms with Gasteiger partial charge in [0, 0.05) is 25.3 Å². The molecule has 2 heterocycles. The van der Waals surface area contributed by atoms with Crippen molar-refractivity contribution in [2.45, 2.75) is 31.9 Å². The highest BCUT2D eigenvalue weighted by molar-refractivity contribution is 5.40. The lowest BCUT2D eigenvalue weighted by molar-refractivity contribution is 0.0950. The lowest BCUT2D eigenvalue weighted by Gasteiger charge is -2.08. The number of hydrogen-bond donors (Lipinski definition) is 1. The molecule has 0 bridgehead atoms. The van der Waals surface area contributed by atoms with E-state index >= 15 is 0 Å². The average molecular weight is 235 g/mol. The maximum atomic E-state index is 5.79. The Kier molecular flexibility index (Phi) is 2.78. The Morgan fingerprint density at radius 1 is 1.41 bits per heavy atom. The Morgan fingerprint density at radius 3 is 3.06 bits per heavy atom. The number of nitrogens with one attached hydrogen (secondary N) is 1. The van der Waals surface area contributed by atoms with Gasteiger partial charge in [-0.25, -0.2) is 0 Å². The number of benzene rings is 1. The van der Waals surface area contributed by atoms with Gasteiger partial charge >= 0.3 is 0 Å². The minimum absolute atomic E-state index is 0.0718. The SMILES string of the molecule is COC1OC1c1ccc2c(c1)OC[C@@H](C)NC2. The van der Waals surface area contributed by atoms with Crippen LogP contribution < -0.4 is 10.1 Å². The molecule has 1 fully saturated rings. The third-order valence-electron chi connectivity index (χ3n) is 3.23. The lowest BCUT2D eigenvalue weighted by Crippen LogP contribution is -2.28. The van der Waals surface area contributed by atoms with E-state index in [0.717, 1.165) is 17.9 Å². The smallest absolute Gasteiger partial charge is 0.188 e. The first-order valence-corrected chi connectivity index (χ1v) is 5.95. The summed E-state index contributed by atoms with van der Waals surface area (Å²) in [5.41, 5.74) is 2.33. The summed E-state index contributed by atoms with van der Waals surface area (Å²) in [6, 6.07) is 6.64. The third-order valence-corrected chi connectivity index (χ3v) is 3.23. The standard InChI is InChI=1S/C13H17NO3/c1-8-7-16-11-5-9(12-13(15-2)17-12)3-4-10(11)6-14-8/h3-5,8,12-14H,6-7H2,1-2H3/t8-,12?,13?/m1/s1. The Bertz CT molecular complexity index is 421. The molecule has 2 aliphatic rings. The predicted molar refractivity (Wildman–Crippen MR) is 62.9 cm³/mol. The molecule has 2 aliphatic heterocycles. The molecule has 0 amide bonds. The van der Waals surface area contributed by atoms with E-state index in [1.165, 1.54) is 5.56 Å². The number of hydrogen-bond acceptors (Lipinski definition) is 4. The molecule has 92 valence electrons. The summed E-state index contributed by atoms with van der Waals surface area (Å²) >= 11 is 0. The zero-order chi connectivity index (χ0) is 11.8. The molecule has 3 atom stereocenters. The van der Waals surface area contributed by atoms with Crippen molar-refractivity contribution in [3.05, 3.63) is 29.3 Å². The molecule has 0 saturated carbocycles. The van der Waals surface area contributed by atoms with E-state index in [2.05, 4.69) is 30.4 Å². The molecule has 4 heteroatoms. The second-order valence-electron chi connectivity index (χ2n) is 4.62. The number of rotatable bonds is 2. The Hall–Kier alpha value is -1.10. The molecule has 1 aromatic rings. The van der Waals surface area contributed by atoms with E-state index in [0.29, 0.717) is 12.6 Å². The van der Waals surface area contributed by atoms with Crippen LogP contribution in [0.1, 0.15) is 24.2 Å². The predicted octanol–water partition coefficient (Wildman–Crippen LogP) is 1.60. The van der Waals surface area contributed by atoms with Gasteiger partial charge in [0.2, 0.25) is 0 Å². The van der Waals surface area contributed by atoms with Crippen LogP contribution in [0.4, 0.5) is 0 Å². The van der Waals surface area contributed by atoms with Gasteiger partial charge in [-0.3, -0.25) is 0 Å². The van der Waals surface area contributed by atoms with Gasteiger partial charge in [-0.05, 0) is 18.6 Å². The van der Waals surface area contributed by atoms with Gasteiger partial charge < -0.3 is 19.5 Å². The summed E-state index contributed by atoms with van der Waals surface area (Å²) in [4.78, 5) is 0. The first-order valence-electron chi connectivity index (χ1n) is 5.95. The summed E-state index contributed by atoms with van der Waals surface area (Å²) in [5.74, 6) is 0.963. The van der Waals surface area contributed by atoms with Crippen LogP contribution in [0.3, 0.4) is 0 Å². The molecule has 1 aromatic carbocycles. The molecule has 1 saturated heterocycles. The Morgan fingerprint density at radius 2 is 2.29 bits per heavy atom. The first kappa shape index (κ1) is 11.0. The number of epoxide rings is 1. The highest BCUT2D eigenvalue weighted by Gasteiger charge is 2.40. The molecular weight excluding hydrogens is 218 g/mol. The molecule has 3 rings (SSSR count). The van der Waals surface area contributed by atoms with Crippen LogP contribution in [-0.4, -0.2) is 26.0 Å². The van der Waals surface area contributed by atoms with Crippen molar-refractivity contribution >= 4 is 0 Å². The fourth-order valence-electron chi connectivity index (χ4n) is 2.10. The van der Waals surface area contributed by atoms with Crippen molar-refractivity contribution in [1.82, 2.24) is 5.32 Å². The van der Waals surface area contributed by atoms with Crippen molar-refractivity contribution in [1.29, 1.82) is 0 Å².